The average Bonchev–Trinajstić information content (AvgIpc) is 2.60. The van der Waals surface area contributed by atoms with Crippen molar-refractivity contribution in [2.75, 3.05) is 14.2 Å². The summed E-state index contributed by atoms with van der Waals surface area (Å²) < 4.78 is 6.65. The number of hydrogen-bond donors (Lipinski definition) is 0. The van der Waals surface area contributed by atoms with Crippen molar-refractivity contribution < 1.29 is 9.53 Å². The number of aromatic nitrogens is 2. The molecule has 1 aromatic carbocycles. The highest BCUT2D eigenvalue weighted by Crippen LogP contribution is 2.24. The highest BCUT2D eigenvalue weighted by molar-refractivity contribution is 6.30. The van der Waals surface area contributed by atoms with Crippen LogP contribution >= 0.6 is 11.6 Å². The maximum Gasteiger partial charge on any atom is 0.274 e. The lowest BCUT2D eigenvalue weighted by atomic mass is 10.2. The first kappa shape index (κ1) is 19.0. The molecule has 0 aliphatic heterocycles. The molecule has 7 heteroatoms. The van der Waals surface area contributed by atoms with Crippen molar-refractivity contribution in [3.05, 3.63) is 57.0 Å². The second-order valence-corrected chi connectivity index (χ2v) is 6.19. The van der Waals surface area contributed by atoms with Crippen LogP contribution in [0.25, 0.3) is 0 Å². The van der Waals surface area contributed by atoms with Crippen molar-refractivity contribution in [2.24, 2.45) is 0 Å². The van der Waals surface area contributed by atoms with Gasteiger partial charge in [0.15, 0.2) is 0 Å². The molecule has 0 saturated heterocycles. The fourth-order valence-corrected chi connectivity index (χ4v) is 2.62. The molecule has 0 aliphatic rings. The van der Waals surface area contributed by atoms with E-state index in [1.807, 2.05) is 6.92 Å². The summed E-state index contributed by atoms with van der Waals surface area (Å²) in [7, 11) is 3.24. The van der Waals surface area contributed by atoms with Gasteiger partial charge in [-0.3, -0.25) is 9.59 Å². The highest BCUT2D eigenvalue weighted by Gasteiger charge is 2.17. The monoisotopic (exact) mass is 363 g/mol. The first-order chi connectivity index (χ1) is 12.0. The van der Waals surface area contributed by atoms with Gasteiger partial charge < -0.3 is 9.64 Å². The van der Waals surface area contributed by atoms with E-state index in [9.17, 15) is 9.59 Å². The van der Waals surface area contributed by atoms with Crippen LogP contribution in [0, 0.1) is 0 Å². The van der Waals surface area contributed by atoms with Gasteiger partial charge in [0.05, 0.1) is 7.11 Å². The number of unbranched alkanes of at least 4 members (excludes halogenated alkanes) is 1. The van der Waals surface area contributed by atoms with Crippen LogP contribution in [0.3, 0.4) is 0 Å². The Bertz CT molecular complexity index is 804. The molecule has 1 aromatic heterocycles. The van der Waals surface area contributed by atoms with Crippen LogP contribution in [-0.4, -0.2) is 34.7 Å². The molecule has 6 nitrogen and oxygen atoms in total. The molecule has 0 unspecified atom stereocenters. The number of benzene rings is 1. The summed E-state index contributed by atoms with van der Waals surface area (Å²) >= 11 is 6.03. The van der Waals surface area contributed by atoms with E-state index in [4.69, 9.17) is 16.3 Å². The van der Waals surface area contributed by atoms with Crippen LogP contribution in [-0.2, 0) is 13.1 Å². The Labute approximate surface area is 152 Å². The number of carbonyl (C=O) groups excluding carboxylic acids is 1. The van der Waals surface area contributed by atoms with Gasteiger partial charge in [0.1, 0.15) is 11.4 Å². The van der Waals surface area contributed by atoms with E-state index >= 15 is 0 Å². The van der Waals surface area contributed by atoms with E-state index in [1.54, 1.807) is 32.4 Å². The lowest BCUT2D eigenvalue weighted by Gasteiger charge is -2.19. The first-order valence-corrected chi connectivity index (χ1v) is 8.50. The molecule has 2 rings (SSSR count). The van der Waals surface area contributed by atoms with Gasteiger partial charge in [-0.05, 0) is 30.7 Å². The van der Waals surface area contributed by atoms with Crippen molar-refractivity contribution in [1.82, 2.24) is 14.7 Å². The van der Waals surface area contributed by atoms with Gasteiger partial charge in [-0.2, -0.15) is 5.10 Å². The molecule has 0 N–H and O–H groups in total. The number of hydrogen-bond acceptors (Lipinski definition) is 4. The van der Waals surface area contributed by atoms with E-state index in [2.05, 4.69) is 5.10 Å². The Balaban J connectivity index is 2.20. The molecule has 0 spiro atoms. The minimum Gasteiger partial charge on any atom is -0.496 e. The van der Waals surface area contributed by atoms with Gasteiger partial charge in [0.2, 0.25) is 0 Å². The number of nitrogens with zero attached hydrogens (tertiary/aromatic N) is 3. The van der Waals surface area contributed by atoms with E-state index in [0.29, 0.717) is 23.9 Å². The maximum absolute atomic E-state index is 12.6. The normalized spacial score (nSPS) is 10.6. The molecule has 1 heterocycles. The van der Waals surface area contributed by atoms with Crippen molar-refractivity contribution in [1.29, 1.82) is 0 Å². The van der Waals surface area contributed by atoms with Crippen LogP contribution in [0.2, 0.25) is 5.02 Å². The van der Waals surface area contributed by atoms with Crippen LogP contribution in [0.1, 0.15) is 35.8 Å². The molecule has 2 aromatic rings. The SMILES string of the molecule is CCCCn1nc(C(=O)N(C)Cc2cc(Cl)ccc2OC)ccc1=O. The summed E-state index contributed by atoms with van der Waals surface area (Å²) in [5, 5.41) is 4.76. The number of aryl methyl sites for hydroxylation is 1. The number of halogens is 1. The maximum atomic E-state index is 12.6. The Hall–Kier alpha value is -2.34. The number of amides is 1. The fourth-order valence-electron chi connectivity index (χ4n) is 2.42. The molecule has 0 aliphatic carbocycles. The molecule has 0 saturated carbocycles. The van der Waals surface area contributed by atoms with Crippen molar-refractivity contribution in [3.63, 3.8) is 0 Å². The van der Waals surface area contributed by atoms with Gasteiger partial charge >= 0.3 is 0 Å². The van der Waals surface area contributed by atoms with E-state index < -0.39 is 0 Å². The fraction of sp³-hybridized carbons (Fsp3) is 0.389. The molecular weight excluding hydrogens is 342 g/mol. The van der Waals surface area contributed by atoms with E-state index in [0.717, 1.165) is 18.4 Å². The second-order valence-electron chi connectivity index (χ2n) is 5.75. The summed E-state index contributed by atoms with van der Waals surface area (Å²) in [4.78, 5) is 26.0. The zero-order valence-corrected chi connectivity index (χ0v) is 15.4. The molecule has 0 bridgehead atoms. The zero-order chi connectivity index (χ0) is 18.4. The first-order valence-electron chi connectivity index (χ1n) is 8.12. The Morgan fingerprint density at radius 3 is 2.76 bits per heavy atom. The van der Waals surface area contributed by atoms with Gasteiger partial charge in [0.25, 0.3) is 11.5 Å². The lowest BCUT2D eigenvalue weighted by Crippen LogP contribution is -2.31. The number of rotatable bonds is 7. The van der Waals surface area contributed by atoms with E-state index in [1.165, 1.54) is 21.7 Å². The summed E-state index contributed by atoms with van der Waals surface area (Å²) in [5.41, 5.74) is 0.827. The number of ether oxygens (including phenoxy) is 1. The molecule has 25 heavy (non-hydrogen) atoms. The Kier molecular flexibility index (Phi) is 6.58. The molecule has 1 amide bonds. The minimum absolute atomic E-state index is 0.204. The van der Waals surface area contributed by atoms with E-state index in [-0.39, 0.29) is 17.2 Å². The van der Waals surface area contributed by atoms with Crippen molar-refractivity contribution in [2.45, 2.75) is 32.9 Å². The minimum atomic E-state index is -0.271. The van der Waals surface area contributed by atoms with Gasteiger partial charge in [0, 0.05) is 36.8 Å². The third-order valence-electron chi connectivity index (χ3n) is 3.81. The van der Waals surface area contributed by atoms with Gasteiger partial charge in [-0.1, -0.05) is 24.9 Å². The average molecular weight is 364 g/mol. The zero-order valence-electron chi connectivity index (χ0n) is 14.7. The quantitative estimate of drug-likeness (QED) is 0.758. The van der Waals surface area contributed by atoms with Crippen LogP contribution < -0.4 is 10.3 Å². The summed E-state index contributed by atoms with van der Waals surface area (Å²) in [6.07, 6.45) is 1.78. The predicted octanol–water partition coefficient (Wildman–Crippen LogP) is 2.98. The van der Waals surface area contributed by atoms with Crippen LogP contribution in [0.4, 0.5) is 0 Å². The van der Waals surface area contributed by atoms with Crippen LogP contribution in [0.5, 0.6) is 5.75 Å². The van der Waals surface area contributed by atoms with Gasteiger partial charge in [-0.25, -0.2) is 4.68 Å². The van der Waals surface area contributed by atoms with Crippen LogP contribution in [0.15, 0.2) is 35.1 Å². The third kappa shape index (κ3) is 4.82. The molecular formula is C18H22ClN3O3. The molecule has 0 fully saturated rings. The lowest BCUT2D eigenvalue weighted by molar-refractivity contribution is 0.0775. The summed E-state index contributed by atoms with van der Waals surface area (Å²) in [5.74, 6) is 0.386. The number of carbonyl (C=O) groups is 1. The van der Waals surface area contributed by atoms with Crippen molar-refractivity contribution >= 4 is 17.5 Å². The molecule has 0 atom stereocenters. The summed E-state index contributed by atoms with van der Waals surface area (Å²) in [6.45, 7) is 2.85. The Morgan fingerprint density at radius 1 is 1.32 bits per heavy atom. The summed E-state index contributed by atoms with van der Waals surface area (Å²) in [6, 6.07) is 8.10. The van der Waals surface area contributed by atoms with Crippen molar-refractivity contribution in [3.8, 4) is 5.75 Å². The highest BCUT2D eigenvalue weighted by atomic mass is 35.5. The molecule has 134 valence electrons. The predicted molar refractivity (Wildman–Crippen MR) is 97.2 cm³/mol. The molecule has 0 radical (unpaired) electrons. The largest absolute Gasteiger partial charge is 0.496 e. The Morgan fingerprint density at radius 2 is 2.08 bits per heavy atom. The standard InChI is InChI=1S/C18H22ClN3O3/c1-4-5-10-22-17(23)9-7-15(20-22)18(24)21(2)12-13-11-14(19)6-8-16(13)25-3/h6-9,11H,4-5,10,12H2,1-3H3. The second kappa shape index (κ2) is 8.67. The third-order valence-corrected chi connectivity index (χ3v) is 4.04. The van der Waals surface area contributed by atoms with Gasteiger partial charge in [-0.15, -0.1) is 0 Å². The number of methoxy groups -OCH3 is 1. The topological polar surface area (TPSA) is 64.4 Å². The smallest absolute Gasteiger partial charge is 0.274 e.